The van der Waals surface area contributed by atoms with Crippen molar-refractivity contribution in [1.82, 2.24) is 9.78 Å². The minimum absolute atomic E-state index is 0.0692. The first-order valence-corrected chi connectivity index (χ1v) is 10.5. The first kappa shape index (κ1) is 26.4. The largest absolute Gasteiger partial charge is 0.491 e. The number of hydrogen-bond donors (Lipinski definition) is 0. The molecule has 6 nitrogen and oxygen atoms in total. The van der Waals surface area contributed by atoms with Gasteiger partial charge in [0.1, 0.15) is 5.69 Å². The Morgan fingerprint density at radius 1 is 1.18 bits per heavy atom. The summed E-state index contributed by atoms with van der Waals surface area (Å²) in [6.45, 7) is 9.10. The van der Waals surface area contributed by atoms with Crippen molar-refractivity contribution in [3.8, 4) is 0 Å². The molecule has 0 saturated carbocycles. The minimum atomic E-state index is -5.15. The molecule has 1 heterocycles. The fourth-order valence-electron chi connectivity index (χ4n) is 3.08. The highest BCUT2D eigenvalue weighted by Crippen LogP contribution is 2.35. The maximum atomic E-state index is 12.7. The molecule has 1 atom stereocenters. The molecule has 0 amide bonds. The molecule has 0 aliphatic heterocycles. The van der Waals surface area contributed by atoms with Crippen LogP contribution in [0.2, 0.25) is 5.02 Å². The quantitative estimate of drug-likeness (QED) is 0.227. The molecule has 0 aliphatic carbocycles. The number of halogens is 4. The molecule has 10 heteroatoms. The maximum Gasteiger partial charge on any atom is 0.491 e. The Morgan fingerprint density at radius 3 is 2.18 bits per heavy atom. The number of nitrogens with zero attached hydrogens (tertiary/aromatic N) is 3. The standard InChI is InChI=1S/C23H27ClF3N3O3/c1-13-18(24)19(30(7)29-13)20(32-14(2)33-21(31)23(25,26)27)17(12-28-6)15-8-10-16(11-9-15)22(3,4)5/h8-12,14H,1-7H3/b20-17-,28-12?. The van der Waals surface area contributed by atoms with Crippen LogP contribution in [0.15, 0.2) is 29.3 Å². The summed E-state index contributed by atoms with van der Waals surface area (Å²) in [4.78, 5) is 15.4. The van der Waals surface area contributed by atoms with Crippen molar-refractivity contribution in [2.45, 2.75) is 52.5 Å². The Morgan fingerprint density at radius 2 is 1.76 bits per heavy atom. The second-order valence-electron chi connectivity index (χ2n) is 8.42. The first-order chi connectivity index (χ1) is 15.2. The van der Waals surface area contributed by atoms with Crippen LogP contribution in [0, 0.1) is 6.92 Å². The van der Waals surface area contributed by atoms with Gasteiger partial charge in [-0.3, -0.25) is 9.67 Å². The number of allylic oxidation sites excluding steroid dienone is 1. The third kappa shape index (κ3) is 6.37. The molecule has 0 saturated heterocycles. The van der Waals surface area contributed by atoms with E-state index in [4.69, 9.17) is 16.3 Å². The summed E-state index contributed by atoms with van der Waals surface area (Å²) in [6, 6.07) is 7.59. The van der Waals surface area contributed by atoms with E-state index in [-0.39, 0.29) is 16.2 Å². The van der Waals surface area contributed by atoms with Gasteiger partial charge in [-0.05, 0) is 23.5 Å². The number of hydrogen-bond acceptors (Lipinski definition) is 5. The van der Waals surface area contributed by atoms with Crippen LogP contribution >= 0.6 is 11.6 Å². The van der Waals surface area contributed by atoms with E-state index in [1.54, 1.807) is 21.0 Å². The number of benzene rings is 1. The molecule has 2 aromatic rings. The van der Waals surface area contributed by atoms with Crippen LogP contribution in [0.25, 0.3) is 11.3 Å². The lowest BCUT2D eigenvalue weighted by molar-refractivity contribution is -0.216. The van der Waals surface area contributed by atoms with Gasteiger partial charge in [0.2, 0.25) is 6.29 Å². The van der Waals surface area contributed by atoms with E-state index in [9.17, 15) is 18.0 Å². The van der Waals surface area contributed by atoms with Gasteiger partial charge in [0.15, 0.2) is 5.76 Å². The highest BCUT2D eigenvalue weighted by Gasteiger charge is 2.42. The highest BCUT2D eigenvalue weighted by atomic mass is 35.5. The molecule has 1 aromatic heterocycles. The monoisotopic (exact) mass is 485 g/mol. The molecular formula is C23H27ClF3N3O3. The zero-order chi connectivity index (χ0) is 25.1. The number of aliphatic imine (C=N–C) groups is 1. The summed E-state index contributed by atoms with van der Waals surface area (Å²) in [7, 11) is 3.16. The summed E-state index contributed by atoms with van der Waals surface area (Å²) in [5.41, 5.74) is 2.91. The van der Waals surface area contributed by atoms with Gasteiger partial charge in [-0.25, -0.2) is 4.79 Å². The fourth-order valence-corrected chi connectivity index (χ4v) is 3.32. The number of ether oxygens (including phenoxy) is 2. The van der Waals surface area contributed by atoms with E-state index >= 15 is 0 Å². The summed E-state index contributed by atoms with van der Waals surface area (Å²) < 4.78 is 49.7. The van der Waals surface area contributed by atoms with Crippen LogP contribution in [-0.4, -0.2) is 41.5 Å². The first-order valence-electron chi connectivity index (χ1n) is 10.1. The summed E-state index contributed by atoms with van der Waals surface area (Å²) in [5, 5.41) is 4.51. The molecule has 1 unspecified atom stereocenters. The lowest BCUT2D eigenvalue weighted by atomic mass is 9.86. The second kappa shape index (κ2) is 9.99. The Bertz CT molecular complexity index is 1070. The third-order valence-corrected chi connectivity index (χ3v) is 5.17. The van der Waals surface area contributed by atoms with E-state index in [1.807, 2.05) is 24.3 Å². The predicted molar refractivity (Wildman–Crippen MR) is 122 cm³/mol. The average molecular weight is 486 g/mol. The minimum Gasteiger partial charge on any atom is -0.452 e. The molecule has 0 fully saturated rings. The molecule has 0 spiro atoms. The van der Waals surface area contributed by atoms with Crippen LogP contribution in [0.1, 0.15) is 50.2 Å². The van der Waals surface area contributed by atoms with E-state index in [2.05, 4.69) is 35.6 Å². The van der Waals surface area contributed by atoms with Gasteiger partial charge in [0, 0.05) is 32.8 Å². The van der Waals surface area contributed by atoms with Crippen molar-refractivity contribution in [1.29, 1.82) is 0 Å². The predicted octanol–water partition coefficient (Wildman–Crippen LogP) is 5.72. The SMILES string of the molecule is CN=C/C(=C(/OC(C)OC(=O)C(F)(F)F)c1c(Cl)c(C)nn1C)c1ccc(C(C)(C)C)cc1. The number of aromatic nitrogens is 2. The number of carbonyl (C=O) groups excluding carboxylic acids is 1. The van der Waals surface area contributed by atoms with Crippen LogP contribution in [0.5, 0.6) is 0 Å². The molecule has 0 N–H and O–H groups in total. The fraction of sp³-hybridized carbons (Fsp3) is 0.435. The molecule has 0 aliphatic rings. The number of carbonyl (C=O) groups is 1. The number of alkyl halides is 3. The molecule has 2 rings (SSSR count). The maximum absolute atomic E-state index is 12.7. The van der Waals surface area contributed by atoms with Crippen LogP contribution in [0.3, 0.4) is 0 Å². The molecule has 0 bridgehead atoms. The number of esters is 1. The third-order valence-electron chi connectivity index (χ3n) is 4.72. The van der Waals surface area contributed by atoms with Gasteiger partial charge < -0.3 is 9.47 Å². The average Bonchev–Trinajstić information content (AvgIpc) is 2.95. The smallest absolute Gasteiger partial charge is 0.452 e. The summed E-state index contributed by atoms with van der Waals surface area (Å²) >= 11 is 6.46. The van der Waals surface area contributed by atoms with Gasteiger partial charge in [0.05, 0.1) is 10.7 Å². The van der Waals surface area contributed by atoms with Crippen molar-refractivity contribution >= 4 is 35.1 Å². The van der Waals surface area contributed by atoms with Gasteiger partial charge in [-0.2, -0.15) is 18.3 Å². The van der Waals surface area contributed by atoms with Crippen molar-refractivity contribution < 1.29 is 27.4 Å². The lowest BCUT2D eigenvalue weighted by Crippen LogP contribution is -2.30. The highest BCUT2D eigenvalue weighted by molar-refractivity contribution is 6.33. The topological polar surface area (TPSA) is 65.7 Å². The van der Waals surface area contributed by atoms with E-state index in [1.165, 1.54) is 17.8 Å². The van der Waals surface area contributed by atoms with E-state index < -0.39 is 18.4 Å². The molecule has 0 radical (unpaired) electrons. The van der Waals surface area contributed by atoms with Gasteiger partial charge >= 0.3 is 12.1 Å². The van der Waals surface area contributed by atoms with Crippen LogP contribution < -0.4 is 0 Å². The van der Waals surface area contributed by atoms with Crippen molar-refractivity contribution in [2.75, 3.05) is 7.05 Å². The van der Waals surface area contributed by atoms with Gasteiger partial charge in [-0.15, -0.1) is 0 Å². The molecular weight excluding hydrogens is 459 g/mol. The second-order valence-corrected chi connectivity index (χ2v) is 8.80. The Hall–Kier alpha value is -2.81. The Labute approximate surface area is 196 Å². The number of rotatable bonds is 6. The van der Waals surface area contributed by atoms with E-state index in [0.717, 1.165) is 5.56 Å². The van der Waals surface area contributed by atoms with Crippen molar-refractivity contribution in [3.05, 3.63) is 51.8 Å². The van der Waals surface area contributed by atoms with Gasteiger partial charge in [-0.1, -0.05) is 56.6 Å². The molecule has 1 aromatic carbocycles. The van der Waals surface area contributed by atoms with Crippen molar-refractivity contribution in [2.24, 2.45) is 12.0 Å². The van der Waals surface area contributed by atoms with Crippen LogP contribution in [-0.2, 0) is 26.7 Å². The Kier molecular flexibility index (Phi) is 8.00. The van der Waals surface area contributed by atoms with E-state index in [0.29, 0.717) is 22.5 Å². The zero-order valence-electron chi connectivity index (χ0n) is 19.5. The Balaban J connectivity index is 2.67. The zero-order valence-corrected chi connectivity index (χ0v) is 20.3. The van der Waals surface area contributed by atoms with Gasteiger partial charge in [0.25, 0.3) is 0 Å². The summed E-state index contributed by atoms with van der Waals surface area (Å²) in [6.07, 6.45) is -5.23. The normalized spacial score (nSPS) is 14.3. The summed E-state index contributed by atoms with van der Waals surface area (Å²) in [5.74, 6) is -2.29. The van der Waals surface area contributed by atoms with Crippen LogP contribution in [0.4, 0.5) is 13.2 Å². The molecule has 33 heavy (non-hydrogen) atoms. The number of aryl methyl sites for hydroxylation is 2. The molecule has 180 valence electrons. The lowest BCUT2D eigenvalue weighted by Gasteiger charge is -2.22. The van der Waals surface area contributed by atoms with Crippen molar-refractivity contribution in [3.63, 3.8) is 0 Å².